The molecular weight excluding hydrogens is 580 g/mol. The second-order valence-electron chi connectivity index (χ2n) is 10.9. The highest BCUT2D eigenvalue weighted by Crippen LogP contribution is 2.58. The molecule has 0 amide bonds. The molecule has 0 unspecified atom stereocenters. The van der Waals surface area contributed by atoms with Crippen molar-refractivity contribution in [1.82, 2.24) is 0 Å². The lowest BCUT2D eigenvalue weighted by Gasteiger charge is -2.36. The predicted octanol–water partition coefficient (Wildman–Crippen LogP) is 10.5. The number of rotatable bonds is 3. The molecule has 0 atom stereocenters. The van der Waals surface area contributed by atoms with E-state index in [-0.39, 0.29) is 5.41 Å². The van der Waals surface area contributed by atoms with Crippen molar-refractivity contribution in [2.24, 2.45) is 0 Å². The first-order valence-corrected chi connectivity index (χ1v) is 14.2. The number of hydrogen-bond donors (Lipinski definition) is 0. The van der Waals surface area contributed by atoms with Crippen LogP contribution in [0.15, 0.2) is 124 Å². The van der Waals surface area contributed by atoms with Crippen molar-refractivity contribution in [3.8, 4) is 22.3 Å². The van der Waals surface area contributed by atoms with Crippen LogP contribution < -0.4 is 0 Å². The van der Waals surface area contributed by atoms with Crippen LogP contribution in [0.5, 0.6) is 0 Å². The average molecular weight is 608 g/mol. The van der Waals surface area contributed by atoms with E-state index < -0.39 is 5.41 Å². The van der Waals surface area contributed by atoms with E-state index in [4.69, 9.17) is 0 Å². The Balaban J connectivity index is 1.77. The maximum Gasteiger partial charge on any atom is 0.0720 e. The largest absolute Gasteiger partial charge is 0.0720 e. The van der Waals surface area contributed by atoms with Gasteiger partial charge in [0.15, 0.2) is 0 Å². The Bertz CT molecular complexity index is 1550. The zero-order valence-corrected chi connectivity index (χ0v) is 24.4. The van der Waals surface area contributed by atoms with Crippen LogP contribution in [0.3, 0.4) is 0 Å². The molecule has 0 saturated carbocycles. The van der Waals surface area contributed by atoms with Gasteiger partial charge < -0.3 is 0 Å². The smallest absolute Gasteiger partial charge is 0.0622 e. The normalized spacial score (nSPS) is 13.8. The summed E-state index contributed by atoms with van der Waals surface area (Å²) in [6.45, 7) is 6.82. The summed E-state index contributed by atoms with van der Waals surface area (Å²) in [5.74, 6) is 0. The van der Waals surface area contributed by atoms with E-state index in [2.05, 4.69) is 168 Å². The molecule has 0 spiro atoms. The molecule has 1 aliphatic rings. The van der Waals surface area contributed by atoms with E-state index in [9.17, 15) is 0 Å². The van der Waals surface area contributed by atoms with E-state index in [1.165, 1.54) is 50.1 Å². The van der Waals surface area contributed by atoms with Crippen LogP contribution >= 0.6 is 31.9 Å². The van der Waals surface area contributed by atoms with Crippen LogP contribution in [0, 0.1) is 0 Å². The summed E-state index contributed by atoms with van der Waals surface area (Å²) < 4.78 is 2.18. The first-order chi connectivity index (χ1) is 17.8. The van der Waals surface area contributed by atoms with Gasteiger partial charge in [-0.15, -0.1) is 0 Å². The van der Waals surface area contributed by atoms with Gasteiger partial charge in [-0.3, -0.25) is 0 Å². The molecule has 0 heterocycles. The second kappa shape index (κ2) is 9.11. The van der Waals surface area contributed by atoms with Crippen molar-refractivity contribution >= 4 is 31.9 Å². The van der Waals surface area contributed by atoms with Gasteiger partial charge in [-0.1, -0.05) is 144 Å². The summed E-state index contributed by atoms with van der Waals surface area (Å²) >= 11 is 7.63. The summed E-state index contributed by atoms with van der Waals surface area (Å²) in [6.07, 6.45) is 0. The van der Waals surface area contributed by atoms with E-state index >= 15 is 0 Å². The third kappa shape index (κ3) is 3.93. The molecule has 1 aliphatic carbocycles. The van der Waals surface area contributed by atoms with Gasteiger partial charge in [0, 0.05) is 8.95 Å². The molecule has 0 aromatic heterocycles. The summed E-state index contributed by atoms with van der Waals surface area (Å²) in [5.41, 5.74) is 11.2. The van der Waals surface area contributed by atoms with Crippen molar-refractivity contribution in [1.29, 1.82) is 0 Å². The number of halogens is 2. The molecule has 5 aromatic rings. The van der Waals surface area contributed by atoms with E-state index in [0.717, 1.165) is 8.95 Å². The standard InChI is InChI=1S/C35H28Br2/c1-34(2,3)24-13-15-25(16-14-24)35(31-12-8-7-11-28(31)23-9-5-4-6-10-23)32-21-26(36)17-19-29(32)30-20-18-27(37)22-33(30)35/h4-22H,1-3H3. The first-order valence-electron chi connectivity index (χ1n) is 12.7. The number of benzene rings is 5. The fraction of sp³-hybridized carbons (Fsp3) is 0.143. The molecule has 6 rings (SSSR count). The Kier molecular flexibility index (Phi) is 6.01. The quantitative estimate of drug-likeness (QED) is 0.188. The number of hydrogen-bond acceptors (Lipinski definition) is 0. The zero-order chi connectivity index (χ0) is 25.8. The van der Waals surface area contributed by atoms with Crippen LogP contribution in [0.4, 0.5) is 0 Å². The highest BCUT2D eigenvalue weighted by atomic mass is 79.9. The maximum atomic E-state index is 3.81. The third-order valence-electron chi connectivity index (χ3n) is 7.66. The highest BCUT2D eigenvalue weighted by Gasteiger charge is 2.47. The monoisotopic (exact) mass is 606 g/mol. The molecule has 182 valence electrons. The Labute approximate surface area is 236 Å². The van der Waals surface area contributed by atoms with E-state index in [1.54, 1.807) is 0 Å². The Morgan fingerprint density at radius 1 is 0.514 bits per heavy atom. The molecule has 0 fully saturated rings. The number of fused-ring (bicyclic) bond motifs is 3. The Morgan fingerprint density at radius 3 is 1.62 bits per heavy atom. The van der Waals surface area contributed by atoms with Gasteiger partial charge in [0.2, 0.25) is 0 Å². The lowest BCUT2D eigenvalue weighted by atomic mass is 9.65. The zero-order valence-electron chi connectivity index (χ0n) is 21.2. The summed E-state index contributed by atoms with van der Waals surface area (Å²) in [5, 5.41) is 0. The molecule has 5 aromatic carbocycles. The Morgan fingerprint density at radius 2 is 1.05 bits per heavy atom. The fourth-order valence-electron chi connectivity index (χ4n) is 5.92. The van der Waals surface area contributed by atoms with Crippen molar-refractivity contribution in [2.75, 3.05) is 0 Å². The minimum Gasteiger partial charge on any atom is -0.0622 e. The minimum atomic E-state index is -0.471. The molecular formula is C35H28Br2. The van der Waals surface area contributed by atoms with Gasteiger partial charge in [-0.05, 0) is 79.8 Å². The van der Waals surface area contributed by atoms with Crippen molar-refractivity contribution in [3.63, 3.8) is 0 Å². The molecule has 0 radical (unpaired) electrons. The van der Waals surface area contributed by atoms with Crippen molar-refractivity contribution in [2.45, 2.75) is 31.6 Å². The van der Waals surface area contributed by atoms with Gasteiger partial charge in [-0.2, -0.15) is 0 Å². The molecule has 0 nitrogen and oxygen atoms in total. The topological polar surface area (TPSA) is 0 Å². The first kappa shape index (κ1) is 24.4. The van der Waals surface area contributed by atoms with Gasteiger partial charge >= 0.3 is 0 Å². The third-order valence-corrected chi connectivity index (χ3v) is 8.65. The second-order valence-corrected chi connectivity index (χ2v) is 12.7. The molecule has 37 heavy (non-hydrogen) atoms. The highest BCUT2D eigenvalue weighted by molar-refractivity contribution is 9.10. The lowest BCUT2D eigenvalue weighted by molar-refractivity contribution is 0.589. The van der Waals surface area contributed by atoms with E-state index in [0.29, 0.717) is 0 Å². The summed E-state index contributed by atoms with van der Waals surface area (Å²) in [4.78, 5) is 0. The minimum absolute atomic E-state index is 0.0885. The van der Waals surface area contributed by atoms with Crippen LogP contribution in [-0.2, 0) is 10.8 Å². The van der Waals surface area contributed by atoms with Gasteiger partial charge in [0.25, 0.3) is 0 Å². The van der Waals surface area contributed by atoms with Gasteiger partial charge in [0.1, 0.15) is 0 Å². The molecule has 0 bridgehead atoms. The Hall–Kier alpha value is -2.94. The van der Waals surface area contributed by atoms with Crippen LogP contribution in [0.2, 0.25) is 0 Å². The molecule has 0 aliphatic heterocycles. The van der Waals surface area contributed by atoms with Crippen LogP contribution in [-0.4, -0.2) is 0 Å². The van der Waals surface area contributed by atoms with E-state index in [1.807, 2.05) is 0 Å². The fourth-order valence-corrected chi connectivity index (χ4v) is 6.65. The van der Waals surface area contributed by atoms with Gasteiger partial charge in [0.05, 0.1) is 5.41 Å². The summed E-state index contributed by atoms with van der Waals surface area (Å²) in [7, 11) is 0. The average Bonchev–Trinajstić information content (AvgIpc) is 3.18. The SMILES string of the molecule is CC(C)(C)c1ccc(C2(c3ccccc3-c3ccccc3)c3cc(Br)ccc3-c3ccc(Br)cc32)cc1. The maximum absolute atomic E-state index is 3.81. The molecule has 2 heteroatoms. The molecule has 0 N–H and O–H groups in total. The van der Waals surface area contributed by atoms with Crippen LogP contribution in [0.1, 0.15) is 48.6 Å². The van der Waals surface area contributed by atoms with Crippen molar-refractivity contribution < 1.29 is 0 Å². The molecule has 0 saturated heterocycles. The summed E-state index contributed by atoms with van der Waals surface area (Å²) in [6, 6.07) is 42.5. The van der Waals surface area contributed by atoms with Crippen molar-refractivity contribution in [3.05, 3.63) is 152 Å². The lowest BCUT2D eigenvalue weighted by Crippen LogP contribution is -2.29. The predicted molar refractivity (Wildman–Crippen MR) is 163 cm³/mol. The van der Waals surface area contributed by atoms with Gasteiger partial charge in [-0.25, -0.2) is 0 Å². The van der Waals surface area contributed by atoms with Crippen LogP contribution in [0.25, 0.3) is 22.3 Å².